The number of nitrogen functional groups attached to an aromatic ring is 1. The summed E-state index contributed by atoms with van der Waals surface area (Å²) in [4.78, 5) is 15.3. The minimum Gasteiger partial charge on any atom is -0.394 e. The van der Waals surface area contributed by atoms with E-state index in [1.807, 2.05) is 0 Å². The molecule has 0 saturated carbocycles. The van der Waals surface area contributed by atoms with Crippen LogP contribution in [0.3, 0.4) is 0 Å². The number of ether oxygens (including phenoxy) is 1. The summed E-state index contributed by atoms with van der Waals surface area (Å²) in [6.45, 7) is -0.449. The molecule has 2 bridgehead atoms. The molecule has 2 aliphatic rings. The van der Waals surface area contributed by atoms with Crippen molar-refractivity contribution in [2.24, 2.45) is 0 Å². The summed E-state index contributed by atoms with van der Waals surface area (Å²) in [6.07, 6.45) is -3.31. The van der Waals surface area contributed by atoms with Crippen LogP contribution in [0.5, 0.6) is 0 Å². The topological polar surface area (TPSA) is 131 Å². The van der Waals surface area contributed by atoms with Gasteiger partial charge in [0, 0.05) is 18.2 Å². The SMILES string of the molecule is Nc1cc2n(c(=O)n1)[C@@H]1O[C@H](CO)[C@](O)(C2)[C@H]1O. The number of hydrogen-bond acceptors (Lipinski definition) is 7. The van der Waals surface area contributed by atoms with Crippen LogP contribution >= 0.6 is 0 Å². The van der Waals surface area contributed by atoms with Gasteiger partial charge in [-0.3, -0.25) is 4.57 Å². The molecule has 5 N–H and O–H groups in total. The number of aliphatic hydroxyl groups is 3. The molecule has 0 amide bonds. The average molecular weight is 255 g/mol. The Hall–Kier alpha value is -1.48. The van der Waals surface area contributed by atoms with Crippen LogP contribution in [0, 0.1) is 0 Å². The van der Waals surface area contributed by atoms with Crippen molar-refractivity contribution in [3.8, 4) is 0 Å². The lowest BCUT2D eigenvalue weighted by Crippen LogP contribution is -2.55. The normalized spacial score (nSPS) is 37.6. The first kappa shape index (κ1) is 11.6. The van der Waals surface area contributed by atoms with Gasteiger partial charge in [-0.25, -0.2) is 4.79 Å². The Morgan fingerprint density at radius 3 is 3.06 bits per heavy atom. The predicted octanol–water partition coefficient (Wildman–Crippen LogP) is -2.64. The molecule has 1 saturated heterocycles. The van der Waals surface area contributed by atoms with Crippen molar-refractivity contribution in [2.45, 2.75) is 30.5 Å². The highest BCUT2D eigenvalue weighted by Crippen LogP contribution is 2.43. The fourth-order valence-corrected chi connectivity index (χ4v) is 2.68. The average Bonchev–Trinajstić information content (AvgIpc) is 2.45. The Labute approximate surface area is 101 Å². The first-order valence-corrected chi connectivity index (χ1v) is 5.52. The maximum Gasteiger partial charge on any atom is 0.351 e. The largest absolute Gasteiger partial charge is 0.394 e. The summed E-state index contributed by atoms with van der Waals surface area (Å²) in [5.41, 5.74) is 3.66. The lowest BCUT2D eigenvalue weighted by Gasteiger charge is -2.34. The second-order valence-corrected chi connectivity index (χ2v) is 4.64. The van der Waals surface area contributed by atoms with E-state index in [2.05, 4.69) is 4.98 Å². The van der Waals surface area contributed by atoms with E-state index in [1.165, 1.54) is 6.07 Å². The third-order valence-electron chi connectivity index (χ3n) is 3.58. The standard InChI is InChI=1S/C10H13N3O5/c11-6-1-4-2-10(17)5(3-14)18-8(7(10)15)13(4)9(16)12-6/h1,5,7-8,14-15,17H,2-3H2,(H2,11,12,16)/t5-,7+,8-,10-/m1/s1. The second kappa shape index (κ2) is 3.51. The molecule has 3 heterocycles. The molecule has 18 heavy (non-hydrogen) atoms. The Balaban J connectivity index is 2.19. The Kier molecular flexibility index (Phi) is 2.26. The van der Waals surface area contributed by atoms with E-state index in [0.717, 1.165) is 4.57 Å². The maximum absolute atomic E-state index is 11.8. The molecule has 2 aliphatic heterocycles. The van der Waals surface area contributed by atoms with Crippen LogP contribution in [0.2, 0.25) is 0 Å². The summed E-state index contributed by atoms with van der Waals surface area (Å²) in [7, 11) is 0. The van der Waals surface area contributed by atoms with Gasteiger partial charge in [0.15, 0.2) is 6.23 Å². The Bertz CT molecular complexity index is 559. The van der Waals surface area contributed by atoms with Crippen molar-refractivity contribution >= 4 is 5.82 Å². The molecule has 1 aromatic rings. The van der Waals surface area contributed by atoms with Gasteiger partial charge in [-0.2, -0.15) is 4.98 Å². The van der Waals surface area contributed by atoms with Gasteiger partial charge in [0.1, 0.15) is 23.6 Å². The quantitative estimate of drug-likeness (QED) is 0.431. The summed E-state index contributed by atoms with van der Waals surface area (Å²) in [6, 6.07) is 1.45. The van der Waals surface area contributed by atoms with E-state index < -0.39 is 36.3 Å². The molecule has 8 heteroatoms. The van der Waals surface area contributed by atoms with Crippen molar-refractivity contribution in [3.05, 3.63) is 22.2 Å². The summed E-state index contributed by atoms with van der Waals surface area (Å²) < 4.78 is 6.49. The number of fused-ring (bicyclic) bond motifs is 4. The van der Waals surface area contributed by atoms with Crippen LogP contribution in [0.15, 0.2) is 10.9 Å². The van der Waals surface area contributed by atoms with E-state index >= 15 is 0 Å². The smallest absolute Gasteiger partial charge is 0.351 e. The highest BCUT2D eigenvalue weighted by molar-refractivity contribution is 5.32. The van der Waals surface area contributed by atoms with E-state index in [4.69, 9.17) is 10.5 Å². The van der Waals surface area contributed by atoms with Gasteiger partial charge in [0.05, 0.1) is 6.61 Å². The van der Waals surface area contributed by atoms with Crippen LogP contribution < -0.4 is 11.4 Å². The molecule has 3 rings (SSSR count). The first-order chi connectivity index (χ1) is 8.47. The zero-order chi connectivity index (χ0) is 13.1. The summed E-state index contributed by atoms with van der Waals surface area (Å²) in [5, 5.41) is 29.5. The second-order valence-electron chi connectivity index (χ2n) is 4.64. The van der Waals surface area contributed by atoms with Crippen molar-refractivity contribution in [1.29, 1.82) is 0 Å². The summed E-state index contributed by atoms with van der Waals surface area (Å²) in [5.74, 6) is 0.0474. The summed E-state index contributed by atoms with van der Waals surface area (Å²) >= 11 is 0. The fourth-order valence-electron chi connectivity index (χ4n) is 2.68. The van der Waals surface area contributed by atoms with Gasteiger partial charge >= 0.3 is 5.69 Å². The van der Waals surface area contributed by atoms with Crippen molar-refractivity contribution < 1.29 is 20.1 Å². The van der Waals surface area contributed by atoms with E-state index in [9.17, 15) is 20.1 Å². The number of aliphatic hydroxyl groups excluding tert-OH is 2. The molecular weight excluding hydrogens is 242 g/mol. The molecule has 0 unspecified atom stereocenters. The van der Waals surface area contributed by atoms with Crippen LogP contribution in [0.4, 0.5) is 5.82 Å². The van der Waals surface area contributed by atoms with Crippen LogP contribution in [-0.2, 0) is 11.2 Å². The van der Waals surface area contributed by atoms with Gasteiger partial charge in [-0.1, -0.05) is 0 Å². The molecule has 0 spiro atoms. The lowest BCUT2D eigenvalue weighted by atomic mass is 9.85. The Morgan fingerprint density at radius 2 is 2.39 bits per heavy atom. The number of anilines is 1. The molecule has 1 fully saturated rings. The van der Waals surface area contributed by atoms with Crippen LogP contribution in [0.1, 0.15) is 11.9 Å². The molecule has 4 atom stereocenters. The van der Waals surface area contributed by atoms with E-state index in [0.29, 0.717) is 5.69 Å². The third kappa shape index (κ3) is 1.28. The van der Waals surface area contributed by atoms with E-state index in [-0.39, 0.29) is 12.2 Å². The minimum atomic E-state index is -1.61. The van der Waals surface area contributed by atoms with E-state index in [1.54, 1.807) is 0 Å². The molecule has 0 aromatic carbocycles. The number of aromatic nitrogens is 2. The van der Waals surface area contributed by atoms with Crippen molar-refractivity contribution in [2.75, 3.05) is 12.3 Å². The van der Waals surface area contributed by atoms with Crippen LogP contribution in [0.25, 0.3) is 0 Å². The maximum atomic E-state index is 11.8. The number of nitrogens with zero attached hydrogens (tertiary/aromatic N) is 2. The van der Waals surface area contributed by atoms with Gasteiger partial charge < -0.3 is 25.8 Å². The zero-order valence-electron chi connectivity index (χ0n) is 9.35. The Morgan fingerprint density at radius 1 is 1.67 bits per heavy atom. The molecule has 1 aromatic heterocycles. The van der Waals surface area contributed by atoms with Crippen LogP contribution in [-0.4, -0.2) is 49.3 Å². The lowest BCUT2D eigenvalue weighted by molar-refractivity contribution is -0.0929. The molecule has 8 nitrogen and oxygen atoms in total. The number of hydrogen-bond donors (Lipinski definition) is 4. The number of rotatable bonds is 1. The van der Waals surface area contributed by atoms with Crippen molar-refractivity contribution in [1.82, 2.24) is 9.55 Å². The van der Waals surface area contributed by atoms with Gasteiger partial charge in [0.2, 0.25) is 0 Å². The predicted molar refractivity (Wildman–Crippen MR) is 58.6 cm³/mol. The molecule has 0 aliphatic carbocycles. The highest BCUT2D eigenvalue weighted by atomic mass is 16.6. The first-order valence-electron chi connectivity index (χ1n) is 5.52. The molecule has 98 valence electrons. The minimum absolute atomic E-state index is 0.0299. The van der Waals surface area contributed by atoms with Gasteiger partial charge in [0.25, 0.3) is 0 Å². The monoisotopic (exact) mass is 255 g/mol. The third-order valence-corrected chi connectivity index (χ3v) is 3.58. The van der Waals surface area contributed by atoms with Gasteiger partial charge in [-0.15, -0.1) is 0 Å². The van der Waals surface area contributed by atoms with Gasteiger partial charge in [-0.05, 0) is 0 Å². The molecular formula is C10H13N3O5. The zero-order valence-corrected chi connectivity index (χ0v) is 9.35. The highest BCUT2D eigenvalue weighted by Gasteiger charge is 2.59. The fraction of sp³-hybridized carbons (Fsp3) is 0.600. The number of nitrogens with two attached hydrogens (primary N) is 1. The molecule has 0 radical (unpaired) electrons. The van der Waals surface area contributed by atoms with Crippen molar-refractivity contribution in [3.63, 3.8) is 0 Å².